The summed E-state index contributed by atoms with van der Waals surface area (Å²) in [5, 5.41) is 0. The average molecular weight is 405 g/mol. The maximum absolute atomic E-state index is 13.5. The molecular formula is C25H27NO4. The number of aryl methyl sites for hydroxylation is 2. The van der Waals surface area contributed by atoms with Crippen molar-refractivity contribution in [2.75, 3.05) is 11.5 Å². The van der Waals surface area contributed by atoms with Crippen molar-refractivity contribution < 1.29 is 19.1 Å². The summed E-state index contributed by atoms with van der Waals surface area (Å²) in [4.78, 5) is 39.9. The number of imide groups is 1. The molecule has 0 unspecified atom stereocenters. The lowest BCUT2D eigenvalue weighted by Gasteiger charge is -2.22. The summed E-state index contributed by atoms with van der Waals surface area (Å²) in [5.41, 5.74) is 4.92. The fourth-order valence-corrected chi connectivity index (χ4v) is 3.92. The fraction of sp³-hybridized carbons (Fsp3) is 0.320. The number of benzene rings is 2. The topological polar surface area (TPSA) is 63.7 Å². The third kappa shape index (κ3) is 4.06. The zero-order valence-electron chi connectivity index (χ0n) is 17.8. The number of amides is 2. The van der Waals surface area contributed by atoms with Gasteiger partial charge in [0.2, 0.25) is 0 Å². The zero-order valence-corrected chi connectivity index (χ0v) is 17.8. The summed E-state index contributed by atoms with van der Waals surface area (Å²) in [5.74, 6) is -0.973. The maximum atomic E-state index is 13.5. The number of nitrogens with zero attached hydrogens (tertiary/aromatic N) is 1. The van der Waals surface area contributed by atoms with Gasteiger partial charge in [0.05, 0.1) is 23.4 Å². The van der Waals surface area contributed by atoms with Gasteiger partial charge in [0.1, 0.15) is 0 Å². The van der Waals surface area contributed by atoms with E-state index in [0.717, 1.165) is 16.7 Å². The van der Waals surface area contributed by atoms with Gasteiger partial charge in [-0.25, -0.2) is 4.90 Å². The minimum atomic E-state index is -0.335. The summed E-state index contributed by atoms with van der Waals surface area (Å²) in [6, 6.07) is 11.1. The molecule has 1 aliphatic rings. The molecule has 0 bridgehead atoms. The second-order valence-corrected chi connectivity index (χ2v) is 7.50. The Hall–Kier alpha value is -3.21. The van der Waals surface area contributed by atoms with Crippen molar-refractivity contribution in [3.05, 3.63) is 76.4 Å². The van der Waals surface area contributed by atoms with Crippen molar-refractivity contribution in [1.82, 2.24) is 0 Å². The lowest BCUT2D eigenvalue weighted by atomic mass is 9.98. The van der Waals surface area contributed by atoms with E-state index in [1.807, 2.05) is 32.0 Å². The normalized spacial score (nSPS) is 12.8. The fourth-order valence-electron chi connectivity index (χ4n) is 3.92. The molecule has 2 aromatic carbocycles. The molecule has 0 aliphatic carbocycles. The molecular weight excluding hydrogens is 378 g/mol. The number of carbonyl (C=O) groups excluding carboxylic acids is 3. The van der Waals surface area contributed by atoms with Gasteiger partial charge in [-0.1, -0.05) is 49.4 Å². The smallest absolute Gasteiger partial charge is 0.306 e. The van der Waals surface area contributed by atoms with Crippen LogP contribution in [-0.2, 0) is 28.8 Å². The number of anilines is 1. The van der Waals surface area contributed by atoms with Crippen LogP contribution in [-0.4, -0.2) is 24.4 Å². The van der Waals surface area contributed by atoms with Crippen molar-refractivity contribution in [2.45, 2.75) is 46.5 Å². The molecule has 0 aromatic heterocycles. The van der Waals surface area contributed by atoms with Crippen molar-refractivity contribution in [3.63, 3.8) is 0 Å². The highest BCUT2D eigenvalue weighted by Gasteiger charge is 2.40. The lowest BCUT2D eigenvalue weighted by molar-refractivity contribution is -0.143. The molecule has 0 fully saturated rings. The number of carbonyl (C=O) groups is 3. The molecule has 2 amide bonds. The molecule has 5 heteroatoms. The van der Waals surface area contributed by atoms with Gasteiger partial charge in [0, 0.05) is 6.42 Å². The van der Waals surface area contributed by atoms with E-state index >= 15 is 0 Å². The summed E-state index contributed by atoms with van der Waals surface area (Å²) in [6.45, 7) is 10.00. The van der Waals surface area contributed by atoms with E-state index in [0.29, 0.717) is 48.2 Å². The molecule has 0 atom stereocenters. The van der Waals surface area contributed by atoms with Crippen LogP contribution in [0.5, 0.6) is 0 Å². The predicted molar refractivity (Wildman–Crippen MR) is 117 cm³/mol. The van der Waals surface area contributed by atoms with Crippen molar-refractivity contribution in [2.24, 2.45) is 0 Å². The summed E-state index contributed by atoms with van der Waals surface area (Å²) in [7, 11) is 0. The van der Waals surface area contributed by atoms with Gasteiger partial charge >= 0.3 is 5.97 Å². The van der Waals surface area contributed by atoms with Crippen molar-refractivity contribution in [3.8, 4) is 0 Å². The molecule has 0 saturated carbocycles. The molecule has 5 nitrogen and oxygen atoms in total. The van der Waals surface area contributed by atoms with Crippen molar-refractivity contribution in [1.29, 1.82) is 0 Å². The van der Waals surface area contributed by atoms with E-state index in [4.69, 9.17) is 4.74 Å². The highest BCUT2D eigenvalue weighted by molar-refractivity contribution is 6.35. The van der Waals surface area contributed by atoms with Crippen molar-refractivity contribution >= 4 is 23.5 Å². The Bertz CT molecular complexity index is 1020. The van der Waals surface area contributed by atoms with Gasteiger partial charge in [0.15, 0.2) is 0 Å². The molecule has 1 heterocycles. The van der Waals surface area contributed by atoms with Crippen LogP contribution in [0, 0.1) is 0 Å². The second kappa shape index (κ2) is 9.08. The van der Waals surface area contributed by atoms with Crippen LogP contribution in [0.25, 0.3) is 0 Å². The molecule has 0 radical (unpaired) electrons. The third-order valence-electron chi connectivity index (χ3n) is 5.20. The van der Waals surface area contributed by atoms with Crippen LogP contribution in [0.2, 0.25) is 0 Å². The van der Waals surface area contributed by atoms with Gasteiger partial charge in [-0.3, -0.25) is 14.4 Å². The first-order valence-corrected chi connectivity index (χ1v) is 10.3. The SMILES string of the molecule is C=C(C)Cc1cccc(CC)c1N1C(=O)c2cccc(CCC(=O)OCC)c2C1=O. The van der Waals surface area contributed by atoms with Gasteiger partial charge < -0.3 is 4.74 Å². The van der Waals surface area contributed by atoms with Crippen LogP contribution in [0.4, 0.5) is 5.69 Å². The Morgan fingerprint density at radius 1 is 1.00 bits per heavy atom. The molecule has 0 N–H and O–H groups in total. The third-order valence-corrected chi connectivity index (χ3v) is 5.20. The minimum Gasteiger partial charge on any atom is -0.466 e. The first kappa shape index (κ1) is 21.5. The largest absolute Gasteiger partial charge is 0.466 e. The number of ether oxygens (including phenoxy) is 1. The predicted octanol–water partition coefficient (Wildman–Crippen LogP) is 4.66. The highest BCUT2D eigenvalue weighted by Crippen LogP contribution is 2.36. The lowest BCUT2D eigenvalue weighted by Crippen LogP contribution is -2.31. The molecule has 30 heavy (non-hydrogen) atoms. The summed E-state index contributed by atoms with van der Waals surface area (Å²) >= 11 is 0. The molecule has 156 valence electrons. The van der Waals surface area contributed by atoms with E-state index < -0.39 is 0 Å². The molecule has 0 saturated heterocycles. The average Bonchev–Trinajstić information content (AvgIpc) is 2.97. The number of allylic oxidation sites excluding steroid dienone is 1. The van der Waals surface area contributed by atoms with Crippen LogP contribution < -0.4 is 4.90 Å². The summed E-state index contributed by atoms with van der Waals surface area (Å²) < 4.78 is 4.99. The van der Waals surface area contributed by atoms with E-state index in [9.17, 15) is 14.4 Å². The van der Waals surface area contributed by atoms with Gasteiger partial charge in [-0.15, -0.1) is 0 Å². The van der Waals surface area contributed by atoms with Crippen LogP contribution in [0.15, 0.2) is 48.6 Å². The number of esters is 1. The number of hydrogen-bond acceptors (Lipinski definition) is 4. The van der Waals surface area contributed by atoms with Gasteiger partial charge in [-0.2, -0.15) is 0 Å². The van der Waals surface area contributed by atoms with E-state index in [1.165, 1.54) is 4.90 Å². The van der Waals surface area contributed by atoms with Crippen LogP contribution in [0.3, 0.4) is 0 Å². The van der Waals surface area contributed by atoms with E-state index in [-0.39, 0.29) is 24.2 Å². The van der Waals surface area contributed by atoms with Gasteiger partial charge in [-0.05, 0) is 55.9 Å². The maximum Gasteiger partial charge on any atom is 0.306 e. The quantitative estimate of drug-likeness (QED) is 0.364. The minimum absolute atomic E-state index is 0.165. The Morgan fingerprint density at radius 2 is 1.67 bits per heavy atom. The zero-order chi connectivity index (χ0) is 21.8. The Kier molecular flexibility index (Phi) is 6.50. The number of fused-ring (bicyclic) bond motifs is 1. The Morgan fingerprint density at radius 3 is 2.33 bits per heavy atom. The second-order valence-electron chi connectivity index (χ2n) is 7.50. The molecule has 2 aromatic rings. The molecule has 0 spiro atoms. The first-order chi connectivity index (χ1) is 14.4. The standard InChI is InChI=1S/C25H27NO4/c1-5-17-9-7-11-19(15-16(3)4)23(17)26-24(28)20-12-8-10-18(22(20)25(26)29)13-14-21(27)30-6-2/h7-12H,3,5-6,13-15H2,1-2,4H3. The van der Waals surface area contributed by atoms with Crippen LogP contribution in [0.1, 0.15) is 64.6 Å². The van der Waals surface area contributed by atoms with Gasteiger partial charge in [0.25, 0.3) is 11.8 Å². The Balaban J connectivity index is 2.03. The number of para-hydroxylation sites is 1. The molecule has 1 aliphatic heterocycles. The monoisotopic (exact) mass is 405 g/mol. The first-order valence-electron chi connectivity index (χ1n) is 10.3. The Labute approximate surface area is 177 Å². The highest BCUT2D eigenvalue weighted by atomic mass is 16.5. The molecule has 3 rings (SSSR count). The summed E-state index contributed by atoms with van der Waals surface area (Å²) in [6.07, 6.45) is 1.80. The number of hydrogen-bond donors (Lipinski definition) is 0. The van der Waals surface area contributed by atoms with E-state index in [1.54, 1.807) is 25.1 Å². The van der Waals surface area contributed by atoms with Crippen LogP contribution >= 0.6 is 0 Å². The number of rotatable bonds is 8. The van der Waals surface area contributed by atoms with E-state index in [2.05, 4.69) is 6.58 Å².